The van der Waals surface area contributed by atoms with Crippen molar-refractivity contribution >= 4 is 21.4 Å². The van der Waals surface area contributed by atoms with Crippen molar-refractivity contribution in [3.63, 3.8) is 0 Å². The maximum atomic E-state index is 12.0. The van der Waals surface area contributed by atoms with Crippen molar-refractivity contribution in [2.45, 2.75) is 11.3 Å². The number of hydrogen-bond acceptors (Lipinski definition) is 5. The molecule has 7 nitrogen and oxygen atoms in total. The first-order chi connectivity index (χ1) is 9.91. The van der Waals surface area contributed by atoms with Crippen molar-refractivity contribution in [1.29, 1.82) is 0 Å². The van der Waals surface area contributed by atoms with E-state index < -0.39 is 10.0 Å². The van der Waals surface area contributed by atoms with Crippen LogP contribution < -0.4 is 11.1 Å². The summed E-state index contributed by atoms with van der Waals surface area (Å²) in [6, 6.07) is 4.68. The Morgan fingerprint density at radius 3 is 2.71 bits per heavy atom. The van der Waals surface area contributed by atoms with Gasteiger partial charge in [-0.3, -0.25) is 0 Å². The predicted molar refractivity (Wildman–Crippen MR) is 82.5 cm³/mol. The number of imidazole rings is 1. The van der Waals surface area contributed by atoms with Crippen molar-refractivity contribution in [1.82, 2.24) is 14.3 Å². The smallest absolute Gasteiger partial charge is 0.242 e. The molecule has 0 unspecified atom stereocenters. The number of nitrogens with zero attached hydrogens (tertiary/aromatic N) is 2. The van der Waals surface area contributed by atoms with Crippen LogP contribution in [-0.4, -0.2) is 43.3 Å². The number of nitrogens with one attached hydrogen (secondary N) is 2. The molecule has 0 aliphatic heterocycles. The number of benzene rings is 1. The van der Waals surface area contributed by atoms with Gasteiger partial charge in [0.25, 0.3) is 0 Å². The number of H-pyrrole nitrogens is 1. The number of nitrogen functional groups attached to an aromatic ring is 1. The fourth-order valence-corrected chi connectivity index (χ4v) is 2.76. The molecule has 4 N–H and O–H groups in total. The molecule has 114 valence electrons. The molecule has 0 radical (unpaired) electrons. The molecule has 1 aromatic heterocycles. The zero-order valence-corrected chi connectivity index (χ0v) is 12.8. The van der Waals surface area contributed by atoms with E-state index in [2.05, 4.69) is 15.3 Å². The molecule has 0 aliphatic carbocycles. The number of nitrogens with two attached hydrogens (primary N) is 1. The van der Waals surface area contributed by atoms with Gasteiger partial charge in [0, 0.05) is 39.5 Å². The van der Waals surface area contributed by atoms with Gasteiger partial charge < -0.3 is 16.0 Å². The topological polar surface area (TPSA) is 104 Å². The lowest BCUT2D eigenvalue weighted by atomic mass is 10.2. The summed E-state index contributed by atoms with van der Waals surface area (Å²) in [7, 11) is -0.487. The molecule has 2 aromatic rings. The Morgan fingerprint density at radius 1 is 1.38 bits per heavy atom. The maximum absolute atomic E-state index is 12.0. The largest absolute Gasteiger partial charge is 0.397 e. The van der Waals surface area contributed by atoms with Crippen LogP contribution in [0.1, 0.15) is 5.82 Å². The highest BCUT2D eigenvalue weighted by molar-refractivity contribution is 7.89. The van der Waals surface area contributed by atoms with E-state index in [-0.39, 0.29) is 4.90 Å². The SMILES string of the molecule is CN(C)S(=O)(=O)c1ccc(NCCc2ncc[nH]2)c(N)c1. The van der Waals surface area contributed by atoms with Crippen LogP contribution in [0.25, 0.3) is 0 Å². The van der Waals surface area contributed by atoms with E-state index in [1.807, 2.05) is 0 Å². The quantitative estimate of drug-likeness (QED) is 0.688. The second kappa shape index (κ2) is 6.15. The number of sulfonamides is 1. The van der Waals surface area contributed by atoms with Gasteiger partial charge in [0.1, 0.15) is 5.82 Å². The average Bonchev–Trinajstić information content (AvgIpc) is 2.93. The van der Waals surface area contributed by atoms with Gasteiger partial charge in [0.2, 0.25) is 10.0 Å². The maximum Gasteiger partial charge on any atom is 0.242 e. The van der Waals surface area contributed by atoms with E-state index in [9.17, 15) is 8.42 Å². The fourth-order valence-electron chi connectivity index (χ4n) is 1.82. The molecule has 0 saturated heterocycles. The molecule has 0 aliphatic rings. The van der Waals surface area contributed by atoms with E-state index >= 15 is 0 Å². The van der Waals surface area contributed by atoms with Crippen molar-refractivity contribution in [3.05, 3.63) is 36.4 Å². The molecular weight excluding hydrogens is 290 g/mol. The first-order valence-corrected chi connectivity index (χ1v) is 7.89. The van der Waals surface area contributed by atoms with Crippen molar-refractivity contribution in [2.24, 2.45) is 0 Å². The van der Waals surface area contributed by atoms with Gasteiger partial charge in [-0.2, -0.15) is 0 Å². The van der Waals surface area contributed by atoms with Crippen LogP contribution in [0, 0.1) is 0 Å². The van der Waals surface area contributed by atoms with Gasteiger partial charge in [0.15, 0.2) is 0 Å². The molecule has 1 heterocycles. The minimum atomic E-state index is -3.46. The van der Waals surface area contributed by atoms with Crippen LogP contribution >= 0.6 is 0 Å². The molecule has 0 spiro atoms. The van der Waals surface area contributed by atoms with E-state index in [0.717, 1.165) is 16.6 Å². The normalized spacial score (nSPS) is 11.8. The standard InChI is InChI=1S/C13H19N5O2S/c1-18(2)21(19,20)10-3-4-12(11(14)9-10)15-6-5-13-16-7-8-17-13/h3-4,7-9,15H,5-6,14H2,1-2H3,(H,16,17). The zero-order chi connectivity index (χ0) is 15.5. The molecule has 0 amide bonds. The summed E-state index contributed by atoms with van der Waals surface area (Å²) < 4.78 is 25.2. The Hall–Kier alpha value is -2.06. The molecule has 1 aromatic carbocycles. The third kappa shape index (κ3) is 3.53. The highest BCUT2D eigenvalue weighted by atomic mass is 32.2. The molecule has 21 heavy (non-hydrogen) atoms. The number of anilines is 2. The summed E-state index contributed by atoms with van der Waals surface area (Å²) in [5, 5.41) is 3.17. The lowest BCUT2D eigenvalue weighted by Crippen LogP contribution is -2.22. The minimum Gasteiger partial charge on any atom is -0.397 e. The first-order valence-electron chi connectivity index (χ1n) is 6.45. The number of aromatic nitrogens is 2. The van der Waals surface area contributed by atoms with E-state index in [4.69, 9.17) is 5.73 Å². The first kappa shape index (κ1) is 15.3. The average molecular weight is 309 g/mol. The zero-order valence-electron chi connectivity index (χ0n) is 12.0. The molecule has 2 rings (SSSR count). The van der Waals surface area contributed by atoms with Crippen LogP contribution in [-0.2, 0) is 16.4 Å². The Kier molecular flexibility index (Phi) is 4.49. The third-order valence-corrected chi connectivity index (χ3v) is 4.84. The Balaban J connectivity index is 2.06. The molecule has 0 fully saturated rings. The monoisotopic (exact) mass is 309 g/mol. The van der Waals surface area contributed by atoms with Crippen molar-refractivity contribution < 1.29 is 8.42 Å². The fraction of sp³-hybridized carbons (Fsp3) is 0.308. The lowest BCUT2D eigenvalue weighted by Gasteiger charge is -2.14. The van der Waals surface area contributed by atoms with E-state index in [0.29, 0.717) is 17.9 Å². The highest BCUT2D eigenvalue weighted by Crippen LogP contribution is 2.23. The van der Waals surface area contributed by atoms with Crippen molar-refractivity contribution in [2.75, 3.05) is 31.7 Å². The minimum absolute atomic E-state index is 0.182. The summed E-state index contributed by atoms with van der Waals surface area (Å²) in [5.74, 6) is 0.882. The number of hydrogen-bond donors (Lipinski definition) is 3. The van der Waals surface area contributed by atoms with Gasteiger partial charge in [-0.1, -0.05) is 0 Å². The number of rotatable bonds is 6. The van der Waals surface area contributed by atoms with Gasteiger partial charge >= 0.3 is 0 Å². The van der Waals surface area contributed by atoms with E-state index in [1.165, 1.54) is 20.2 Å². The van der Waals surface area contributed by atoms with Gasteiger partial charge in [-0.15, -0.1) is 0 Å². The Bertz CT molecular complexity index is 695. The van der Waals surface area contributed by atoms with Gasteiger partial charge in [-0.05, 0) is 18.2 Å². The van der Waals surface area contributed by atoms with Crippen molar-refractivity contribution in [3.8, 4) is 0 Å². The molecule has 0 bridgehead atoms. The molecule has 8 heteroatoms. The molecule has 0 atom stereocenters. The lowest BCUT2D eigenvalue weighted by molar-refractivity contribution is 0.521. The number of aromatic amines is 1. The van der Waals surface area contributed by atoms with Crippen LogP contribution in [0.3, 0.4) is 0 Å². The third-order valence-electron chi connectivity index (χ3n) is 3.03. The highest BCUT2D eigenvalue weighted by Gasteiger charge is 2.17. The second-order valence-corrected chi connectivity index (χ2v) is 6.90. The Labute approximate surface area is 124 Å². The van der Waals surface area contributed by atoms with Crippen LogP contribution in [0.2, 0.25) is 0 Å². The van der Waals surface area contributed by atoms with Crippen LogP contribution in [0.5, 0.6) is 0 Å². The predicted octanol–water partition coefficient (Wildman–Crippen LogP) is 0.897. The summed E-state index contributed by atoms with van der Waals surface area (Å²) >= 11 is 0. The Morgan fingerprint density at radius 2 is 2.14 bits per heavy atom. The second-order valence-electron chi connectivity index (χ2n) is 4.75. The summed E-state index contributed by atoms with van der Waals surface area (Å²) in [6.07, 6.45) is 4.19. The molecule has 0 saturated carbocycles. The molecular formula is C13H19N5O2S. The van der Waals surface area contributed by atoms with E-state index in [1.54, 1.807) is 24.5 Å². The summed E-state index contributed by atoms with van der Waals surface area (Å²) in [5.41, 5.74) is 7.02. The van der Waals surface area contributed by atoms with Gasteiger partial charge in [-0.25, -0.2) is 17.7 Å². The van der Waals surface area contributed by atoms with Crippen LogP contribution in [0.4, 0.5) is 11.4 Å². The summed E-state index contributed by atoms with van der Waals surface area (Å²) in [6.45, 7) is 0.650. The van der Waals surface area contributed by atoms with Crippen LogP contribution in [0.15, 0.2) is 35.5 Å². The van der Waals surface area contributed by atoms with Gasteiger partial charge in [0.05, 0.1) is 16.3 Å². The summed E-state index contributed by atoms with van der Waals surface area (Å²) in [4.78, 5) is 7.32.